The SMILES string of the molecule is c1ccc2c(c1)oc1ccc(-c3c4ccccc4c(-c4ccc(-c5cc6oc7cc8c(cc7c6c6ccccc56)oc5ccccc58)cc4)c4ccccc34)cc12.c1ccc2c(c1)oc1ccc(-c3c4ccccc4c(-c4ccc(-c5cc6oc7cc8oc9ccccc9c8cc7c6c6ccccc56)cc4)c4ccccc34)cc12. The van der Waals surface area contributed by atoms with Gasteiger partial charge in [-0.3, -0.25) is 0 Å². The maximum Gasteiger partial charge on any atom is 0.139 e. The van der Waals surface area contributed by atoms with E-state index in [2.05, 4.69) is 309 Å². The van der Waals surface area contributed by atoms with E-state index in [-0.39, 0.29) is 0 Å². The molecule has 6 aromatic heterocycles. The molecule has 26 rings (SSSR count). The number of furan rings is 6. The fourth-order valence-corrected chi connectivity index (χ4v) is 19.1. The molecule has 528 valence electrons. The summed E-state index contributed by atoms with van der Waals surface area (Å²) in [4.78, 5) is 0. The van der Waals surface area contributed by atoms with Crippen LogP contribution in [0.4, 0.5) is 0 Å². The van der Waals surface area contributed by atoms with E-state index in [1.165, 1.54) is 104 Å². The number of hydrogen-bond acceptors (Lipinski definition) is 6. The van der Waals surface area contributed by atoms with Gasteiger partial charge in [0.15, 0.2) is 0 Å². The smallest absolute Gasteiger partial charge is 0.139 e. The van der Waals surface area contributed by atoms with E-state index in [1.54, 1.807) is 0 Å². The van der Waals surface area contributed by atoms with Gasteiger partial charge in [-0.25, -0.2) is 0 Å². The molecular formula is C108H60O6. The van der Waals surface area contributed by atoms with Gasteiger partial charge in [-0.1, -0.05) is 279 Å². The van der Waals surface area contributed by atoms with Crippen molar-refractivity contribution in [2.45, 2.75) is 0 Å². The van der Waals surface area contributed by atoms with Crippen LogP contribution in [0.25, 0.3) is 263 Å². The van der Waals surface area contributed by atoms with E-state index in [4.69, 9.17) is 26.5 Å². The first-order valence-corrected chi connectivity index (χ1v) is 38.8. The van der Waals surface area contributed by atoms with Gasteiger partial charge >= 0.3 is 0 Å². The molecule has 0 amide bonds. The van der Waals surface area contributed by atoms with Crippen molar-refractivity contribution in [3.63, 3.8) is 0 Å². The van der Waals surface area contributed by atoms with Crippen LogP contribution in [0, 0.1) is 0 Å². The molecule has 20 aromatic carbocycles. The lowest BCUT2D eigenvalue weighted by Gasteiger charge is -2.18. The van der Waals surface area contributed by atoms with Crippen molar-refractivity contribution in [3.8, 4) is 66.8 Å². The van der Waals surface area contributed by atoms with E-state index in [0.29, 0.717) is 0 Å². The molecule has 0 spiro atoms. The van der Waals surface area contributed by atoms with Crippen LogP contribution in [0.5, 0.6) is 0 Å². The number of benzene rings is 20. The van der Waals surface area contributed by atoms with Crippen molar-refractivity contribution in [2.24, 2.45) is 0 Å². The topological polar surface area (TPSA) is 78.8 Å². The van der Waals surface area contributed by atoms with E-state index in [1.807, 2.05) is 54.6 Å². The van der Waals surface area contributed by atoms with Gasteiger partial charge in [0.1, 0.15) is 67.0 Å². The molecule has 0 radical (unpaired) electrons. The second-order valence-corrected chi connectivity index (χ2v) is 30.2. The van der Waals surface area contributed by atoms with Crippen LogP contribution in [0.15, 0.2) is 390 Å². The Labute approximate surface area is 649 Å². The third-order valence-corrected chi connectivity index (χ3v) is 24.1. The van der Waals surface area contributed by atoms with Gasteiger partial charge in [0, 0.05) is 70.7 Å². The largest absolute Gasteiger partial charge is 0.456 e. The molecule has 0 saturated heterocycles. The Morgan fingerprint density at radius 3 is 0.719 bits per heavy atom. The first-order chi connectivity index (χ1) is 56.5. The summed E-state index contributed by atoms with van der Waals surface area (Å²) in [5.74, 6) is 0. The number of rotatable bonds is 6. The van der Waals surface area contributed by atoms with Crippen LogP contribution in [0.3, 0.4) is 0 Å². The summed E-state index contributed by atoms with van der Waals surface area (Å²) >= 11 is 0. The van der Waals surface area contributed by atoms with Gasteiger partial charge in [-0.2, -0.15) is 0 Å². The van der Waals surface area contributed by atoms with Crippen LogP contribution in [-0.4, -0.2) is 0 Å². The highest BCUT2D eigenvalue weighted by atomic mass is 16.4. The van der Waals surface area contributed by atoms with Crippen LogP contribution in [0.1, 0.15) is 0 Å². The van der Waals surface area contributed by atoms with Gasteiger partial charge in [0.2, 0.25) is 0 Å². The van der Waals surface area contributed by atoms with Gasteiger partial charge in [-0.05, 0) is 210 Å². The van der Waals surface area contributed by atoms with Gasteiger partial charge < -0.3 is 26.5 Å². The fraction of sp³-hybridized carbons (Fsp3) is 0. The summed E-state index contributed by atoms with van der Waals surface area (Å²) in [6, 6.07) is 130. The molecule has 0 N–H and O–H groups in total. The fourth-order valence-electron chi connectivity index (χ4n) is 19.1. The van der Waals surface area contributed by atoms with Crippen LogP contribution in [0.2, 0.25) is 0 Å². The molecule has 6 heterocycles. The molecule has 6 heteroatoms. The zero-order chi connectivity index (χ0) is 74.4. The highest BCUT2D eigenvalue weighted by molar-refractivity contribution is 6.29. The van der Waals surface area contributed by atoms with Gasteiger partial charge in [0.25, 0.3) is 0 Å². The lowest BCUT2D eigenvalue weighted by Crippen LogP contribution is -1.91. The van der Waals surface area contributed by atoms with E-state index in [9.17, 15) is 0 Å². The predicted octanol–water partition coefficient (Wildman–Crippen LogP) is 31.7. The minimum Gasteiger partial charge on any atom is -0.456 e. The summed E-state index contributed by atoms with van der Waals surface area (Å²) in [6.45, 7) is 0. The zero-order valence-corrected chi connectivity index (χ0v) is 61.1. The van der Waals surface area contributed by atoms with Crippen LogP contribution >= 0.6 is 0 Å². The molecule has 114 heavy (non-hydrogen) atoms. The monoisotopic (exact) mass is 1450 g/mol. The minimum atomic E-state index is 0.828. The highest BCUT2D eigenvalue weighted by Gasteiger charge is 2.25. The lowest BCUT2D eigenvalue weighted by atomic mass is 9.85. The average molecular weight is 1450 g/mol. The minimum absolute atomic E-state index is 0.828. The van der Waals surface area contributed by atoms with Gasteiger partial charge in [-0.15, -0.1) is 0 Å². The first-order valence-electron chi connectivity index (χ1n) is 38.8. The maximum absolute atomic E-state index is 6.68. The van der Waals surface area contributed by atoms with Crippen LogP contribution < -0.4 is 0 Å². The van der Waals surface area contributed by atoms with Gasteiger partial charge in [0.05, 0.1) is 0 Å². The highest BCUT2D eigenvalue weighted by Crippen LogP contribution is 2.51. The summed E-state index contributed by atoms with van der Waals surface area (Å²) in [5.41, 5.74) is 24.8. The molecule has 0 atom stereocenters. The molecule has 0 unspecified atom stereocenters. The summed E-state index contributed by atoms with van der Waals surface area (Å²) in [6.07, 6.45) is 0. The van der Waals surface area contributed by atoms with Crippen molar-refractivity contribution >= 4 is 196 Å². The molecule has 6 nitrogen and oxygen atoms in total. The summed E-state index contributed by atoms with van der Waals surface area (Å²) < 4.78 is 38.3. The average Bonchev–Trinajstić information content (AvgIpc) is 1.29. The summed E-state index contributed by atoms with van der Waals surface area (Å²) in [7, 11) is 0. The Bertz CT molecular complexity index is 8200. The Kier molecular flexibility index (Phi) is 13.3. The maximum atomic E-state index is 6.68. The van der Waals surface area contributed by atoms with Crippen molar-refractivity contribution in [1.82, 2.24) is 0 Å². The predicted molar refractivity (Wildman–Crippen MR) is 474 cm³/mol. The van der Waals surface area contributed by atoms with Crippen molar-refractivity contribution in [3.05, 3.63) is 364 Å². The van der Waals surface area contributed by atoms with E-state index < -0.39 is 0 Å². The third kappa shape index (κ3) is 9.31. The number of fused-ring (bicyclic) bond motifs is 26. The van der Waals surface area contributed by atoms with Crippen molar-refractivity contribution in [2.75, 3.05) is 0 Å². The Balaban J connectivity index is 0.000000129. The molecule has 0 saturated carbocycles. The van der Waals surface area contributed by atoms with Crippen molar-refractivity contribution < 1.29 is 26.5 Å². The van der Waals surface area contributed by atoms with Crippen LogP contribution in [-0.2, 0) is 0 Å². The normalized spacial score (nSPS) is 12.2. The first kappa shape index (κ1) is 62.6. The second kappa shape index (κ2) is 24.1. The Morgan fingerprint density at radius 2 is 0.342 bits per heavy atom. The molecule has 0 aliphatic heterocycles. The molecule has 0 fully saturated rings. The zero-order valence-electron chi connectivity index (χ0n) is 61.1. The lowest BCUT2D eigenvalue weighted by molar-refractivity contribution is 0.656. The molecule has 0 aliphatic rings. The second-order valence-electron chi connectivity index (χ2n) is 30.2. The molecule has 0 bridgehead atoms. The Hall–Kier alpha value is -15.2. The standard InChI is InChI=1S/2C54H30O3/c1-2-14-37-34(11-1)42(29-51-54(37)45-28-44-36-13-8-10-20-47(36)56-49(44)30-50(45)57-51)31-21-23-32(24-22-31)52-38-15-3-5-17-40(38)53(41-18-6-4-16-39(41)52)33-25-26-48-43(27-33)35-12-7-9-19-46(35)55-48;1-2-14-37-34(11-1)42(28-51-54(37)45-30-49-44(29-50(45)57-51)36-13-8-10-20-47(36)56-49)31-21-23-32(24-22-31)52-38-15-3-5-17-40(38)53(41-18-6-4-16-39(41)52)33-25-26-48-43(27-33)35-12-7-9-19-46(35)55-48/h2*1-30H. The molecular weight excluding hydrogens is 1390 g/mol. The van der Waals surface area contributed by atoms with Crippen molar-refractivity contribution in [1.29, 1.82) is 0 Å². The number of para-hydroxylation sites is 4. The summed E-state index contributed by atoms with van der Waals surface area (Å²) in [5, 5.41) is 27.9. The Morgan fingerprint density at radius 1 is 0.114 bits per heavy atom. The van der Waals surface area contributed by atoms with E-state index in [0.717, 1.165) is 159 Å². The third-order valence-electron chi connectivity index (χ3n) is 24.1. The molecule has 26 aromatic rings. The number of hydrogen-bond donors (Lipinski definition) is 0. The van der Waals surface area contributed by atoms with E-state index >= 15 is 0 Å². The molecule has 0 aliphatic carbocycles. The quantitative estimate of drug-likeness (QED) is 0.154.